The third kappa shape index (κ3) is 5.97. The Bertz CT molecular complexity index is 1190. The Labute approximate surface area is 215 Å². The zero-order valence-electron chi connectivity index (χ0n) is 20.1. The number of amides is 2. The van der Waals surface area contributed by atoms with Gasteiger partial charge in [0.2, 0.25) is 12.7 Å². The van der Waals surface area contributed by atoms with E-state index >= 15 is 0 Å². The van der Waals surface area contributed by atoms with Crippen molar-refractivity contribution in [2.45, 2.75) is 46.3 Å². The minimum Gasteiger partial charge on any atom is -0.454 e. The molecule has 0 saturated heterocycles. The lowest BCUT2D eigenvalue weighted by Crippen LogP contribution is -2.46. The summed E-state index contributed by atoms with van der Waals surface area (Å²) in [5, 5.41) is 2.59. The lowest BCUT2D eigenvalue weighted by atomic mass is 10.1. The van der Waals surface area contributed by atoms with Gasteiger partial charge in [0.05, 0.1) is 6.54 Å². The van der Waals surface area contributed by atoms with Crippen molar-refractivity contribution in [1.82, 2.24) is 9.80 Å². The van der Waals surface area contributed by atoms with Gasteiger partial charge in [0.1, 0.15) is 6.54 Å². The summed E-state index contributed by atoms with van der Waals surface area (Å²) in [6.45, 7) is 7.09. The summed E-state index contributed by atoms with van der Waals surface area (Å²) >= 11 is 7.63. The second-order valence-corrected chi connectivity index (χ2v) is 10.1. The number of ether oxygens (including phenoxy) is 2. The van der Waals surface area contributed by atoms with Gasteiger partial charge in [-0.15, -0.1) is 11.3 Å². The van der Waals surface area contributed by atoms with Crippen LogP contribution in [0.1, 0.15) is 46.6 Å². The molecule has 2 heterocycles. The first-order valence-corrected chi connectivity index (χ1v) is 12.9. The number of hydrogen-bond donors (Lipinski definition) is 0. The average molecular weight is 513 g/mol. The number of thiophene rings is 1. The summed E-state index contributed by atoms with van der Waals surface area (Å²) in [5.41, 5.74) is 2.60. The predicted octanol–water partition coefficient (Wildman–Crippen LogP) is 5.91. The zero-order chi connectivity index (χ0) is 24.9. The summed E-state index contributed by atoms with van der Waals surface area (Å²) in [6.07, 6.45) is 0.735. The molecule has 0 radical (unpaired) electrons. The Balaban J connectivity index is 1.58. The average Bonchev–Trinajstić information content (AvgIpc) is 3.49. The lowest BCUT2D eigenvalue weighted by molar-refractivity contribution is -0.133. The van der Waals surface area contributed by atoms with Gasteiger partial charge in [-0.2, -0.15) is 0 Å². The maximum Gasteiger partial charge on any atom is 0.254 e. The van der Waals surface area contributed by atoms with Crippen LogP contribution < -0.4 is 9.47 Å². The van der Waals surface area contributed by atoms with Gasteiger partial charge < -0.3 is 19.3 Å². The van der Waals surface area contributed by atoms with E-state index in [2.05, 4.69) is 6.07 Å². The third-order valence-corrected chi connectivity index (χ3v) is 7.51. The molecule has 0 aliphatic carbocycles. The van der Waals surface area contributed by atoms with Crippen LogP contribution in [0.25, 0.3) is 0 Å². The van der Waals surface area contributed by atoms with Gasteiger partial charge in [-0.1, -0.05) is 24.6 Å². The molecule has 0 spiro atoms. The van der Waals surface area contributed by atoms with Crippen molar-refractivity contribution < 1.29 is 19.1 Å². The molecular weight excluding hydrogens is 484 g/mol. The quantitative estimate of drug-likeness (QED) is 0.357. The summed E-state index contributed by atoms with van der Waals surface area (Å²) in [4.78, 5) is 31.6. The summed E-state index contributed by atoms with van der Waals surface area (Å²) in [6, 6.07) is 14.5. The molecule has 0 unspecified atom stereocenters. The first-order chi connectivity index (χ1) is 16.9. The molecule has 8 heteroatoms. The minimum absolute atomic E-state index is 0.00849. The van der Waals surface area contributed by atoms with Gasteiger partial charge in [0.25, 0.3) is 5.91 Å². The van der Waals surface area contributed by atoms with Crippen LogP contribution in [0.4, 0.5) is 0 Å². The van der Waals surface area contributed by atoms with E-state index in [9.17, 15) is 9.59 Å². The first kappa shape index (κ1) is 25.1. The van der Waals surface area contributed by atoms with Crippen LogP contribution in [0.2, 0.25) is 5.02 Å². The van der Waals surface area contributed by atoms with E-state index < -0.39 is 0 Å². The van der Waals surface area contributed by atoms with Gasteiger partial charge in [0, 0.05) is 28.0 Å². The second-order valence-electron chi connectivity index (χ2n) is 8.66. The molecule has 2 amide bonds. The summed E-state index contributed by atoms with van der Waals surface area (Å²) < 4.78 is 10.9. The van der Waals surface area contributed by atoms with Crippen LogP contribution in [0.15, 0.2) is 53.9 Å². The topological polar surface area (TPSA) is 59.1 Å². The highest BCUT2D eigenvalue weighted by atomic mass is 35.5. The SMILES string of the molecule is CC[C@H](C)N(CC(=O)N(Cc1ccc2c(c1)OCO2)Cc1sccc1C)C(=O)c1ccc(Cl)cc1. The second kappa shape index (κ2) is 11.1. The number of nitrogens with zero attached hydrogens (tertiary/aromatic N) is 2. The highest BCUT2D eigenvalue weighted by Crippen LogP contribution is 2.33. The van der Waals surface area contributed by atoms with Crippen molar-refractivity contribution >= 4 is 34.8 Å². The Morgan fingerprint density at radius 3 is 2.49 bits per heavy atom. The molecule has 0 N–H and O–H groups in total. The molecular formula is C27H29ClN2O4S. The van der Waals surface area contributed by atoms with Crippen molar-refractivity contribution in [1.29, 1.82) is 0 Å². The van der Waals surface area contributed by atoms with Crippen molar-refractivity contribution in [3.05, 3.63) is 80.5 Å². The standard InChI is InChI=1S/C27H29ClN2O4S/c1-4-19(3)30(27(32)21-6-8-22(28)9-7-21)16-26(31)29(15-25-18(2)11-12-35-25)14-20-5-10-23-24(13-20)34-17-33-23/h5-13,19H,4,14-17H2,1-3H3/t19-/m0/s1. The Morgan fingerprint density at radius 2 is 1.80 bits per heavy atom. The fraction of sp³-hybridized carbons (Fsp3) is 0.333. The molecule has 1 aliphatic rings. The van der Waals surface area contributed by atoms with E-state index in [4.69, 9.17) is 21.1 Å². The van der Waals surface area contributed by atoms with E-state index in [0.29, 0.717) is 35.2 Å². The van der Waals surface area contributed by atoms with Crippen LogP contribution in [-0.4, -0.2) is 41.0 Å². The van der Waals surface area contributed by atoms with Gasteiger partial charge in [-0.25, -0.2) is 0 Å². The Morgan fingerprint density at radius 1 is 1.06 bits per heavy atom. The minimum atomic E-state index is -0.181. The fourth-order valence-electron chi connectivity index (χ4n) is 3.88. The normalized spacial score (nSPS) is 12.9. The van der Waals surface area contributed by atoms with E-state index in [1.807, 2.05) is 44.4 Å². The predicted molar refractivity (Wildman–Crippen MR) is 138 cm³/mol. The first-order valence-electron chi connectivity index (χ1n) is 11.6. The zero-order valence-corrected chi connectivity index (χ0v) is 21.7. The number of rotatable bonds is 9. The number of halogens is 1. The van der Waals surface area contributed by atoms with Crippen molar-refractivity contribution in [2.24, 2.45) is 0 Å². The van der Waals surface area contributed by atoms with Crippen molar-refractivity contribution in [3.8, 4) is 11.5 Å². The number of hydrogen-bond acceptors (Lipinski definition) is 5. The maximum absolute atomic E-state index is 13.7. The van der Waals surface area contributed by atoms with Crippen LogP contribution in [0.5, 0.6) is 11.5 Å². The van der Waals surface area contributed by atoms with Gasteiger partial charge >= 0.3 is 0 Å². The van der Waals surface area contributed by atoms with Gasteiger partial charge in [-0.3, -0.25) is 9.59 Å². The lowest BCUT2D eigenvalue weighted by Gasteiger charge is -2.31. The Hall–Kier alpha value is -3.03. The fourth-order valence-corrected chi connectivity index (χ4v) is 4.93. The molecule has 0 fully saturated rings. The van der Waals surface area contributed by atoms with Crippen molar-refractivity contribution in [2.75, 3.05) is 13.3 Å². The number of carbonyl (C=O) groups is 2. The number of aryl methyl sites for hydroxylation is 1. The molecule has 3 aromatic rings. The molecule has 4 rings (SSSR count). The van der Waals surface area contributed by atoms with Crippen LogP contribution in [0.3, 0.4) is 0 Å². The highest BCUT2D eigenvalue weighted by Gasteiger charge is 2.27. The monoisotopic (exact) mass is 512 g/mol. The molecule has 35 heavy (non-hydrogen) atoms. The largest absolute Gasteiger partial charge is 0.454 e. The number of benzene rings is 2. The number of fused-ring (bicyclic) bond motifs is 1. The van der Waals surface area contributed by atoms with E-state index in [-0.39, 0.29) is 31.2 Å². The number of carbonyl (C=O) groups excluding carboxylic acids is 2. The smallest absolute Gasteiger partial charge is 0.254 e. The van der Waals surface area contributed by atoms with Gasteiger partial charge in [0.15, 0.2) is 11.5 Å². The molecule has 1 aromatic heterocycles. The molecule has 0 bridgehead atoms. The maximum atomic E-state index is 13.7. The molecule has 1 aliphatic heterocycles. The van der Waals surface area contributed by atoms with Crippen LogP contribution >= 0.6 is 22.9 Å². The molecule has 0 saturated carbocycles. The van der Waals surface area contributed by atoms with Crippen LogP contribution in [-0.2, 0) is 17.9 Å². The molecule has 184 valence electrons. The summed E-state index contributed by atoms with van der Waals surface area (Å²) in [7, 11) is 0. The molecule has 2 aromatic carbocycles. The van der Waals surface area contributed by atoms with Gasteiger partial charge in [-0.05, 0) is 79.2 Å². The molecule has 1 atom stereocenters. The summed E-state index contributed by atoms with van der Waals surface area (Å²) in [5.74, 6) is 1.09. The van der Waals surface area contributed by atoms with Crippen LogP contribution in [0, 0.1) is 6.92 Å². The van der Waals surface area contributed by atoms with E-state index in [1.54, 1.807) is 45.4 Å². The van der Waals surface area contributed by atoms with Crippen molar-refractivity contribution in [3.63, 3.8) is 0 Å². The van der Waals surface area contributed by atoms with E-state index in [1.165, 1.54) is 0 Å². The molecule has 6 nitrogen and oxygen atoms in total. The highest BCUT2D eigenvalue weighted by molar-refractivity contribution is 7.10. The third-order valence-electron chi connectivity index (χ3n) is 6.25. The van der Waals surface area contributed by atoms with E-state index in [0.717, 1.165) is 22.4 Å². The Kier molecular flexibility index (Phi) is 7.98.